The summed E-state index contributed by atoms with van der Waals surface area (Å²) in [6.07, 6.45) is 0. The normalized spacial score (nSPS) is 10.1. The van der Waals surface area contributed by atoms with Crippen molar-refractivity contribution in [2.75, 3.05) is 7.11 Å². The quantitative estimate of drug-likeness (QED) is 0.790. The van der Waals surface area contributed by atoms with E-state index in [9.17, 15) is 4.79 Å². The minimum absolute atomic E-state index is 0.191. The summed E-state index contributed by atoms with van der Waals surface area (Å²) in [6.45, 7) is 0. The summed E-state index contributed by atoms with van der Waals surface area (Å²) in [7, 11) is 1.50. The molecule has 0 atom stereocenters. The number of hydrogen-bond donors (Lipinski definition) is 0. The number of nitrogens with zero attached hydrogens (tertiary/aromatic N) is 2. The first-order valence-electron chi connectivity index (χ1n) is 4.37. The van der Waals surface area contributed by atoms with Gasteiger partial charge in [-0.25, -0.2) is 0 Å². The van der Waals surface area contributed by atoms with E-state index in [-0.39, 0.29) is 5.78 Å². The van der Waals surface area contributed by atoms with Crippen LogP contribution in [0, 0.1) is 0 Å². The molecule has 0 saturated carbocycles. The highest BCUT2D eigenvalue weighted by atomic mass is 35.5. The van der Waals surface area contributed by atoms with Crippen LogP contribution in [0.25, 0.3) is 0 Å². The molecule has 1 aromatic heterocycles. The van der Waals surface area contributed by atoms with E-state index in [0.29, 0.717) is 22.0 Å². The van der Waals surface area contributed by atoms with Gasteiger partial charge < -0.3 is 4.74 Å². The third-order valence-corrected chi connectivity index (χ3v) is 2.82. The lowest BCUT2D eigenvalue weighted by Gasteiger charge is -2.04. The maximum Gasteiger partial charge on any atom is 0.214 e. The Hall–Kier alpha value is -1.46. The third kappa shape index (κ3) is 2.05. The molecule has 82 valence electrons. The number of ketones is 1. The summed E-state index contributed by atoms with van der Waals surface area (Å²) < 4.78 is 8.68. The van der Waals surface area contributed by atoms with Gasteiger partial charge in [-0.15, -0.1) is 5.10 Å². The van der Waals surface area contributed by atoms with E-state index >= 15 is 0 Å². The Balaban J connectivity index is 2.38. The van der Waals surface area contributed by atoms with Gasteiger partial charge in [0.25, 0.3) is 0 Å². The molecule has 0 unspecified atom stereocenters. The van der Waals surface area contributed by atoms with Crippen molar-refractivity contribution in [3.63, 3.8) is 0 Å². The molecule has 0 spiro atoms. The van der Waals surface area contributed by atoms with Crippen molar-refractivity contribution in [3.8, 4) is 5.75 Å². The Bertz CT molecular complexity index is 514. The largest absolute Gasteiger partial charge is 0.495 e. The van der Waals surface area contributed by atoms with Crippen molar-refractivity contribution in [2.45, 2.75) is 0 Å². The maximum atomic E-state index is 11.9. The molecule has 2 rings (SSSR count). The van der Waals surface area contributed by atoms with Crippen LogP contribution in [0.15, 0.2) is 23.6 Å². The van der Waals surface area contributed by atoms with Gasteiger partial charge in [0.15, 0.2) is 0 Å². The fourth-order valence-electron chi connectivity index (χ4n) is 1.21. The fraction of sp³-hybridized carbons (Fsp3) is 0.100. The number of hydrogen-bond acceptors (Lipinski definition) is 5. The number of rotatable bonds is 3. The molecule has 0 radical (unpaired) electrons. The van der Waals surface area contributed by atoms with Crippen LogP contribution >= 0.6 is 23.1 Å². The van der Waals surface area contributed by atoms with Crippen molar-refractivity contribution in [3.05, 3.63) is 39.9 Å². The zero-order valence-electron chi connectivity index (χ0n) is 8.31. The fourth-order valence-corrected chi connectivity index (χ4v) is 1.84. The second-order valence-corrected chi connectivity index (χ2v) is 3.99. The molecule has 4 nitrogen and oxygen atoms in total. The summed E-state index contributed by atoms with van der Waals surface area (Å²) in [6, 6.07) is 4.84. The standard InChI is InChI=1S/C10H7ClN2O2S/c1-15-9-4-6(2-3-7(9)11)10(14)8-5-16-13-12-8/h2-5H,1H3. The number of aromatic nitrogens is 2. The first-order chi connectivity index (χ1) is 7.72. The zero-order valence-corrected chi connectivity index (χ0v) is 9.88. The molecule has 0 N–H and O–H groups in total. The molecular weight excluding hydrogens is 248 g/mol. The van der Waals surface area contributed by atoms with Crippen LogP contribution in [0.1, 0.15) is 16.1 Å². The van der Waals surface area contributed by atoms with Crippen LogP contribution in [0.4, 0.5) is 0 Å². The Morgan fingerprint density at radius 3 is 2.94 bits per heavy atom. The van der Waals surface area contributed by atoms with Gasteiger partial charge >= 0.3 is 0 Å². The predicted octanol–water partition coefficient (Wildman–Crippen LogP) is 2.43. The van der Waals surface area contributed by atoms with Gasteiger partial charge in [-0.05, 0) is 29.7 Å². The molecule has 6 heteroatoms. The van der Waals surface area contributed by atoms with Crippen LogP contribution in [-0.2, 0) is 0 Å². The maximum absolute atomic E-state index is 11.9. The number of ether oxygens (including phenoxy) is 1. The lowest BCUT2D eigenvalue weighted by atomic mass is 10.1. The minimum Gasteiger partial charge on any atom is -0.495 e. The highest BCUT2D eigenvalue weighted by Crippen LogP contribution is 2.25. The Morgan fingerprint density at radius 2 is 2.31 bits per heavy atom. The smallest absolute Gasteiger partial charge is 0.214 e. The Morgan fingerprint density at radius 1 is 1.50 bits per heavy atom. The molecule has 0 saturated heterocycles. The molecule has 0 aliphatic carbocycles. The summed E-state index contributed by atoms with van der Waals surface area (Å²) in [5.41, 5.74) is 0.809. The van der Waals surface area contributed by atoms with E-state index in [1.165, 1.54) is 7.11 Å². The zero-order chi connectivity index (χ0) is 11.5. The molecule has 0 aliphatic rings. The second kappa shape index (κ2) is 4.59. The van der Waals surface area contributed by atoms with Crippen molar-refractivity contribution < 1.29 is 9.53 Å². The van der Waals surface area contributed by atoms with E-state index in [2.05, 4.69) is 9.59 Å². The van der Waals surface area contributed by atoms with E-state index < -0.39 is 0 Å². The van der Waals surface area contributed by atoms with Crippen LogP contribution in [0.3, 0.4) is 0 Å². The van der Waals surface area contributed by atoms with Gasteiger partial charge in [0, 0.05) is 10.9 Å². The minimum atomic E-state index is -0.191. The van der Waals surface area contributed by atoms with E-state index in [1.807, 2.05) is 0 Å². The molecule has 0 bridgehead atoms. The van der Waals surface area contributed by atoms with Crippen molar-refractivity contribution in [2.24, 2.45) is 0 Å². The molecular formula is C10H7ClN2O2S. The molecule has 2 aromatic rings. The van der Waals surface area contributed by atoms with E-state index in [1.54, 1.807) is 23.6 Å². The van der Waals surface area contributed by atoms with E-state index in [0.717, 1.165) is 11.5 Å². The van der Waals surface area contributed by atoms with Crippen molar-refractivity contribution in [1.82, 2.24) is 9.59 Å². The highest BCUT2D eigenvalue weighted by molar-refractivity contribution is 7.03. The lowest BCUT2D eigenvalue weighted by molar-refractivity contribution is 0.103. The summed E-state index contributed by atoms with van der Waals surface area (Å²) >= 11 is 7.00. The summed E-state index contributed by atoms with van der Waals surface area (Å²) in [5.74, 6) is 0.277. The second-order valence-electron chi connectivity index (χ2n) is 2.97. The number of methoxy groups -OCH3 is 1. The summed E-state index contributed by atoms with van der Waals surface area (Å²) in [4.78, 5) is 11.9. The van der Waals surface area contributed by atoms with Crippen LogP contribution in [0.5, 0.6) is 5.75 Å². The van der Waals surface area contributed by atoms with Gasteiger partial charge in [0.1, 0.15) is 11.4 Å². The monoisotopic (exact) mass is 254 g/mol. The highest BCUT2D eigenvalue weighted by Gasteiger charge is 2.13. The molecule has 1 heterocycles. The molecule has 16 heavy (non-hydrogen) atoms. The Kier molecular flexibility index (Phi) is 3.17. The summed E-state index contributed by atoms with van der Waals surface area (Å²) in [5, 5.41) is 5.78. The van der Waals surface area contributed by atoms with Crippen LogP contribution < -0.4 is 4.74 Å². The van der Waals surface area contributed by atoms with Gasteiger partial charge in [-0.3, -0.25) is 4.79 Å². The van der Waals surface area contributed by atoms with Crippen molar-refractivity contribution >= 4 is 28.9 Å². The number of halogens is 1. The van der Waals surface area contributed by atoms with E-state index in [4.69, 9.17) is 16.3 Å². The lowest BCUT2D eigenvalue weighted by Crippen LogP contribution is -2.02. The van der Waals surface area contributed by atoms with Crippen molar-refractivity contribution in [1.29, 1.82) is 0 Å². The average molecular weight is 255 g/mol. The average Bonchev–Trinajstić information content (AvgIpc) is 2.82. The van der Waals surface area contributed by atoms with Gasteiger partial charge in [-0.1, -0.05) is 16.1 Å². The van der Waals surface area contributed by atoms with Gasteiger partial charge in [0.05, 0.1) is 12.1 Å². The molecule has 0 fully saturated rings. The van der Waals surface area contributed by atoms with Gasteiger partial charge in [-0.2, -0.15) is 0 Å². The third-order valence-electron chi connectivity index (χ3n) is 2.01. The number of benzene rings is 1. The molecule has 0 aliphatic heterocycles. The van der Waals surface area contributed by atoms with Crippen LogP contribution in [0.2, 0.25) is 5.02 Å². The SMILES string of the molecule is COc1cc(C(=O)c2csnn2)ccc1Cl. The Labute approximate surface area is 101 Å². The van der Waals surface area contributed by atoms with Gasteiger partial charge in [0.2, 0.25) is 5.78 Å². The molecule has 1 aromatic carbocycles. The number of carbonyl (C=O) groups excluding carboxylic acids is 1. The first kappa shape index (κ1) is 11.0. The first-order valence-corrected chi connectivity index (χ1v) is 5.59. The van der Waals surface area contributed by atoms with Crippen LogP contribution in [-0.4, -0.2) is 22.5 Å². The predicted molar refractivity (Wildman–Crippen MR) is 61.3 cm³/mol. The number of carbonyl (C=O) groups is 1. The topological polar surface area (TPSA) is 52.1 Å². The molecule has 0 amide bonds.